The van der Waals surface area contributed by atoms with Gasteiger partial charge in [-0.2, -0.15) is 0 Å². The maximum absolute atomic E-state index is 6.19. The Labute approximate surface area is 116 Å². The van der Waals surface area contributed by atoms with Crippen LogP contribution in [0.3, 0.4) is 0 Å². The number of piperidine rings is 1. The highest BCUT2D eigenvalue weighted by Crippen LogP contribution is 2.42. The molecule has 2 rings (SSSR count). The molecule has 2 aliphatic rings. The van der Waals surface area contributed by atoms with Gasteiger partial charge in [-0.25, -0.2) is 0 Å². The smallest absolute Gasteiger partial charge is 0.172 e. The first-order chi connectivity index (χ1) is 8.76. The highest BCUT2D eigenvalue weighted by atomic mass is 16.8. The highest BCUT2D eigenvalue weighted by Gasteiger charge is 2.52. The van der Waals surface area contributed by atoms with Crippen LogP contribution in [0.2, 0.25) is 0 Å². The van der Waals surface area contributed by atoms with Crippen molar-refractivity contribution < 1.29 is 14.2 Å². The molecule has 0 amide bonds. The van der Waals surface area contributed by atoms with Crippen molar-refractivity contribution >= 4 is 0 Å². The monoisotopic (exact) mass is 269 g/mol. The van der Waals surface area contributed by atoms with Crippen molar-refractivity contribution in [3.05, 3.63) is 12.7 Å². The van der Waals surface area contributed by atoms with Crippen molar-refractivity contribution in [2.45, 2.75) is 63.5 Å². The van der Waals surface area contributed by atoms with Gasteiger partial charge in [0, 0.05) is 23.9 Å². The van der Waals surface area contributed by atoms with E-state index >= 15 is 0 Å². The lowest BCUT2D eigenvalue weighted by Gasteiger charge is -2.50. The van der Waals surface area contributed by atoms with Crippen molar-refractivity contribution in [1.29, 1.82) is 0 Å². The van der Waals surface area contributed by atoms with Crippen LogP contribution in [0.5, 0.6) is 0 Å². The molecule has 4 nitrogen and oxygen atoms in total. The predicted molar refractivity (Wildman–Crippen MR) is 75.1 cm³/mol. The molecule has 0 radical (unpaired) electrons. The van der Waals surface area contributed by atoms with Crippen LogP contribution in [0.1, 0.15) is 40.5 Å². The number of nitrogens with one attached hydrogen (secondary N) is 1. The van der Waals surface area contributed by atoms with Crippen molar-refractivity contribution in [2.75, 3.05) is 19.8 Å². The molecule has 19 heavy (non-hydrogen) atoms. The Balaban J connectivity index is 1.98. The van der Waals surface area contributed by atoms with Gasteiger partial charge in [0.25, 0.3) is 0 Å². The maximum Gasteiger partial charge on any atom is 0.172 e. The maximum atomic E-state index is 6.19. The zero-order valence-electron chi connectivity index (χ0n) is 12.6. The third kappa shape index (κ3) is 3.78. The fourth-order valence-corrected chi connectivity index (χ4v) is 3.58. The van der Waals surface area contributed by atoms with Gasteiger partial charge < -0.3 is 19.5 Å². The molecular weight excluding hydrogens is 242 g/mol. The lowest BCUT2D eigenvalue weighted by Crippen LogP contribution is -2.63. The van der Waals surface area contributed by atoms with Gasteiger partial charge in [-0.15, -0.1) is 6.58 Å². The Morgan fingerprint density at radius 2 is 1.89 bits per heavy atom. The second-order valence-corrected chi connectivity index (χ2v) is 7.03. The zero-order chi connectivity index (χ0) is 14.1. The van der Waals surface area contributed by atoms with Gasteiger partial charge in [0.15, 0.2) is 5.79 Å². The van der Waals surface area contributed by atoms with E-state index in [1.165, 1.54) is 0 Å². The standard InChI is InChI=1S/C15H27NO3/c1-6-7-17-8-12-9-18-15(19-12)10-13(2,3)16-14(4,5)11-15/h6,12,16H,1,7-11H2,2-5H3. The minimum absolute atomic E-state index is 0.0125. The lowest BCUT2D eigenvalue weighted by atomic mass is 9.79. The molecule has 0 saturated carbocycles. The second-order valence-electron chi connectivity index (χ2n) is 7.03. The van der Waals surface area contributed by atoms with Gasteiger partial charge in [0.2, 0.25) is 0 Å². The van der Waals surface area contributed by atoms with E-state index in [1.54, 1.807) is 6.08 Å². The molecule has 0 bridgehead atoms. The molecule has 2 saturated heterocycles. The third-order valence-electron chi connectivity index (χ3n) is 3.55. The van der Waals surface area contributed by atoms with Gasteiger partial charge >= 0.3 is 0 Å². The zero-order valence-corrected chi connectivity index (χ0v) is 12.6. The lowest BCUT2D eigenvalue weighted by molar-refractivity contribution is -0.217. The molecular formula is C15H27NO3. The largest absolute Gasteiger partial charge is 0.375 e. The van der Waals surface area contributed by atoms with Crippen molar-refractivity contribution in [2.24, 2.45) is 0 Å². The van der Waals surface area contributed by atoms with Crippen LogP contribution in [-0.4, -0.2) is 42.8 Å². The van der Waals surface area contributed by atoms with Crippen LogP contribution in [0, 0.1) is 0 Å². The van der Waals surface area contributed by atoms with E-state index < -0.39 is 5.79 Å². The van der Waals surface area contributed by atoms with E-state index in [9.17, 15) is 0 Å². The first-order valence-electron chi connectivity index (χ1n) is 7.06. The average molecular weight is 269 g/mol. The van der Waals surface area contributed by atoms with Crippen LogP contribution in [-0.2, 0) is 14.2 Å². The van der Waals surface area contributed by atoms with Crippen molar-refractivity contribution in [3.8, 4) is 0 Å². The molecule has 1 spiro atoms. The van der Waals surface area contributed by atoms with Crippen molar-refractivity contribution in [3.63, 3.8) is 0 Å². The minimum atomic E-state index is -0.458. The SMILES string of the molecule is C=CCOCC1COC2(CC(C)(C)NC(C)(C)C2)O1. The van der Waals surface area contributed by atoms with Crippen LogP contribution in [0.15, 0.2) is 12.7 Å². The number of ether oxygens (including phenoxy) is 3. The normalized spacial score (nSPS) is 31.5. The summed E-state index contributed by atoms with van der Waals surface area (Å²) in [5, 5.41) is 3.65. The molecule has 0 aliphatic carbocycles. The molecule has 1 N–H and O–H groups in total. The average Bonchev–Trinajstić information content (AvgIpc) is 2.56. The van der Waals surface area contributed by atoms with E-state index in [-0.39, 0.29) is 17.2 Å². The summed E-state index contributed by atoms with van der Waals surface area (Å²) in [5.41, 5.74) is 0.0250. The van der Waals surface area contributed by atoms with Gasteiger partial charge in [0.1, 0.15) is 6.10 Å². The molecule has 0 aromatic carbocycles. The Kier molecular flexibility index (Phi) is 4.07. The van der Waals surface area contributed by atoms with Gasteiger partial charge in [-0.05, 0) is 27.7 Å². The van der Waals surface area contributed by atoms with Crippen LogP contribution >= 0.6 is 0 Å². The van der Waals surface area contributed by atoms with Crippen molar-refractivity contribution in [1.82, 2.24) is 5.32 Å². The van der Waals surface area contributed by atoms with Gasteiger partial charge in [-0.1, -0.05) is 6.08 Å². The molecule has 110 valence electrons. The van der Waals surface area contributed by atoms with Crippen LogP contribution in [0.4, 0.5) is 0 Å². The molecule has 2 aliphatic heterocycles. The first kappa shape index (κ1) is 15.0. The summed E-state index contributed by atoms with van der Waals surface area (Å²) in [6, 6.07) is 0. The molecule has 0 aromatic heterocycles. The topological polar surface area (TPSA) is 39.7 Å². The Hall–Kier alpha value is -0.420. The third-order valence-corrected chi connectivity index (χ3v) is 3.55. The molecule has 1 atom stereocenters. The Bertz CT molecular complexity index is 322. The van der Waals surface area contributed by atoms with Gasteiger partial charge in [0.05, 0.1) is 19.8 Å². The summed E-state index contributed by atoms with van der Waals surface area (Å²) in [6.45, 7) is 14.2. The fraction of sp³-hybridized carbons (Fsp3) is 0.867. The summed E-state index contributed by atoms with van der Waals surface area (Å²) < 4.78 is 17.7. The van der Waals surface area contributed by atoms with E-state index in [0.29, 0.717) is 19.8 Å². The molecule has 0 aromatic rings. The van der Waals surface area contributed by atoms with E-state index in [2.05, 4.69) is 39.6 Å². The van der Waals surface area contributed by atoms with E-state index in [4.69, 9.17) is 14.2 Å². The molecule has 2 heterocycles. The molecule has 1 unspecified atom stereocenters. The minimum Gasteiger partial charge on any atom is -0.375 e. The summed E-state index contributed by atoms with van der Waals surface area (Å²) >= 11 is 0. The number of rotatable bonds is 4. The Morgan fingerprint density at radius 3 is 2.47 bits per heavy atom. The fourth-order valence-electron chi connectivity index (χ4n) is 3.58. The second kappa shape index (κ2) is 5.17. The van der Waals surface area contributed by atoms with E-state index in [0.717, 1.165) is 12.8 Å². The summed E-state index contributed by atoms with van der Waals surface area (Å²) in [6.07, 6.45) is 3.51. The summed E-state index contributed by atoms with van der Waals surface area (Å²) in [5.74, 6) is -0.458. The molecule has 2 fully saturated rings. The number of hydrogen-bond donors (Lipinski definition) is 1. The summed E-state index contributed by atoms with van der Waals surface area (Å²) in [7, 11) is 0. The quantitative estimate of drug-likeness (QED) is 0.627. The predicted octanol–water partition coefficient (Wildman–Crippen LogP) is 2.24. The van der Waals surface area contributed by atoms with Crippen LogP contribution in [0.25, 0.3) is 0 Å². The Morgan fingerprint density at radius 1 is 1.26 bits per heavy atom. The first-order valence-corrected chi connectivity index (χ1v) is 7.06. The molecule has 4 heteroatoms. The number of hydrogen-bond acceptors (Lipinski definition) is 4. The van der Waals surface area contributed by atoms with E-state index in [1.807, 2.05) is 0 Å². The highest BCUT2D eigenvalue weighted by molar-refractivity contribution is 5.03. The van der Waals surface area contributed by atoms with Gasteiger partial charge in [-0.3, -0.25) is 0 Å². The van der Waals surface area contributed by atoms with Crippen LogP contribution < -0.4 is 5.32 Å². The summed E-state index contributed by atoms with van der Waals surface area (Å²) in [4.78, 5) is 0.